The molecule has 0 aliphatic carbocycles. The van der Waals surface area contributed by atoms with E-state index in [1.165, 1.54) is 62.6 Å². The maximum Gasteiger partial charge on any atom is 0.251 e. The first-order chi connectivity index (χ1) is 13.8. The van der Waals surface area contributed by atoms with Gasteiger partial charge in [0.25, 0.3) is 5.91 Å². The van der Waals surface area contributed by atoms with Crippen LogP contribution in [0.4, 0.5) is 10.1 Å². The van der Waals surface area contributed by atoms with Gasteiger partial charge in [-0.25, -0.2) is 4.39 Å². The number of amides is 3. The lowest BCUT2D eigenvalue weighted by atomic mass is 10.2. The van der Waals surface area contributed by atoms with E-state index < -0.39 is 23.5 Å². The van der Waals surface area contributed by atoms with Crippen molar-refractivity contribution in [3.63, 3.8) is 0 Å². The maximum atomic E-state index is 12.9. The average Bonchev–Trinajstić information content (AvgIpc) is 2.72. The molecule has 154 valence electrons. The topological polar surface area (TPSA) is 97.0 Å². The molecule has 29 heavy (non-hydrogen) atoms. The summed E-state index contributed by atoms with van der Waals surface area (Å²) >= 11 is 0. The summed E-state index contributed by atoms with van der Waals surface area (Å²) in [6.07, 6.45) is 0. The molecule has 2 aromatic rings. The summed E-state index contributed by atoms with van der Waals surface area (Å²) in [7, 11) is 4.37. The van der Waals surface area contributed by atoms with Crippen molar-refractivity contribution in [3.05, 3.63) is 53.8 Å². The molecule has 0 aromatic heterocycles. The minimum atomic E-state index is -0.486. The fraction of sp³-hybridized carbons (Fsp3) is 0.250. The number of anilines is 1. The van der Waals surface area contributed by atoms with Gasteiger partial charge < -0.3 is 25.0 Å². The van der Waals surface area contributed by atoms with Gasteiger partial charge >= 0.3 is 0 Å². The number of rotatable bonds is 8. The van der Waals surface area contributed by atoms with Crippen LogP contribution in [0.2, 0.25) is 0 Å². The van der Waals surface area contributed by atoms with E-state index in [4.69, 9.17) is 9.47 Å². The summed E-state index contributed by atoms with van der Waals surface area (Å²) in [5, 5.41) is 5.05. The number of nitrogens with zero attached hydrogens (tertiary/aromatic N) is 1. The zero-order chi connectivity index (χ0) is 21.4. The number of methoxy groups -OCH3 is 2. The van der Waals surface area contributed by atoms with Crippen molar-refractivity contribution in [3.8, 4) is 11.5 Å². The molecule has 0 radical (unpaired) electrons. The lowest BCUT2D eigenvalue weighted by molar-refractivity contribution is -0.132. The smallest absolute Gasteiger partial charge is 0.251 e. The molecule has 2 rings (SSSR count). The number of likely N-dealkylation sites (N-methyl/N-ethyl adjacent to an activating group) is 1. The van der Waals surface area contributed by atoms with Crippen molar-refractivity contribution in [2.75, 3.05) is 39.7 Å². The number of nitrogens with one attached hydrogen (secondary N) is 2. The van der Waals surface area contributed by atoms with E-state index in [1.807, 2.05) is 0 Å². The summed E-state index contributed by atoms with van der Waals surface area (Å²) in [5.41, 5.74) is 0.684. The third-order valence-corrected chi connectivity index (χ3v) is 3.95. The summed E-state index contributed by atoms with van der Waals surface area (Å²) in [4.78, 5) is 37.7. The Morgan fingerprint density at radius 3 is 2.14 bits per heavy atom. The summed E-state index contributed by atoms with van der Waals surface area (Å²) in [6.45, 7) is -0.516. The van der Waals surface area contributed by atoms with Crippen LogP contribution in [-0.4, -0.2) is 57.0 Å². The fourth-order valence-corrected chi connectivity index (χ4v) is 2.37. The predicted octanol–water partition coefficient (Wildman–Crippen LogP) is 1.67. The van der Waals surface area contributed by atoms with Crippen LogP contribution in [0.15, 0.2) is 42.5 Å². The molecule has 0 saturated heterocycles. The number of carbonyl (C=O) groups is 3. The zero-order valence-electron chi connectivity index (χ0n) is 16.3. The summed E-state index contributed by atoms with van der Waals surface area (Å²) < 4.78 is 23.1. The molecule has 3 amide bonds. The minimum absolute atomic E-state index is 0.223. The quantitative estimate of drug-likeness (QED) is 0.699. The lowest BCUT2D eigenvalue weighted by Gasteiger charge is -2.17. The highest BCUT2D eigenvalue weighted by Crippen LogP contribution is 2.22. The Hall–Kier alpha value is -3.62. The SMILES string of the molecule is COc1cc(OC)cc(C(=O)NCC(=O)N(C)CC(=O)Nc2ccc(F)cc2)c1. The minimum Gasteiger partial charge on any atom is -0.497 e. The predicted molar refractivity (Wildman–Crippen MR) is 105 cm³/mol. The van der Waals surface area contributed by atoms with Crippen LogP contribution >= 0.6 is 0 Å². The van der Waals surface area contributed by atoms with Gasteiger partial charge in [-0.05, 0) is 36.4 Å². The van der Waals surface area contributed by atoms with Gasteiger partial charge in [-0.3, -0.25) is 14.4 Å². The number of benzene rings is 2. The molecule has 0 saturated carbocycles. The first kappa shape index (κ1) is 21.7. The van der Waals surface area contributed by atoms with Crippen molar-refractivity contribution >= 4 is 23.4 Å². The Labute approximate surface area is 167 Å². The Bertz CT molecular complexity index is 864. The number of halogens is 1. The molecular weight excluding hydrogens is 381 g/mol. The van der Waals surface area contributed by atoms with E-state index in [1.54, 1.807) is 6.07 Å². The number of carbonyl (C=O) groups excluding carboxylic acids is 3. The molecule has 0 fully saturated rings. The Morgan fingerprint density at radius 2 is 1.59 bits per heavy atom. The van der Waals surface area contributed by atoms with Crippen LogP contribution < -0.4 is 20.1 Å². The molecule has 8 nitrogen and oxygen atoms in total. The number of hydrogen-bond donors (Lipinski definition) is 2. The largest absolute Gasteiger partial charge is 0.497 e. The van der Waals surface area contributed by atoms with Crippen molar-refractivity contribution in [1.82, 2.24) is 10.2 Å². The first-order valence-corrected chi connectivity index (χ1v) is 8.63. The number of hydrogen-bond acceptors (Lipinski definition) is 5. The van der Waals surface area contributed by atoms with Gasteiger partial charge in [0.15, 0.2) is 0 Å². The van der Waals surface area contributed by atoms with Crippen molar-refractivity contribution < 1.29 is 28.2 Å². The zero-order valence-corrected chi connectivity index (χ0v) is 16.3. The van der Waals surface area contributed by atoms with E-state index in [0.717, 1.165) is 0 Å². The third-order valence-electron chi connectivity index (χ3n) is 3.95. The first-order valence-electron chi connectivity index (χ1n) is 8.63. The average molecular weight is 403 g/mol. The molecule has 0 unspecified atom stereocenters. The molecule has 0 aliphatic heterocycles. The third kappa shape index (κ3) is 6.49. The Balaban J connectivity index is 1.86. The van der Waals surface area contributed by atoms with E-state index in [-0.39, 0.29) is 18.7 Å². The second-order valence-electron chi connectivity index (χ2n) is 6.09. The highest BCUT2D eigenvalue weighted by atomic mass is 19.1. The summed E-state index contributed by atoms with van der Waals surface area (Å²) in [5.74, 6) is -0.927. The summed E-state index contributed by atoms with van der Waals surface area (Å²) in [6, 6.07) is 9.91. The van der Waals surface area contributed by atoms with Crippen molar-refractivity contribution in [1.29, 1.82) is 0 Å². The Morgan fingerprint density at radius 1 is 1.00 bits per heavy atom. The van der Waals surface area contributed by atoms with Crippen molar-refractivity contribution in [2.45, 2.75) is 0 Å². The standard InChI is InChI=1S/C20H22FN3O5/c1-24(12-18(25)23-15-6-4-14(21)5-7-15)19(26)11-22-20(27)13-8-16(28-2)10-17(9-13)29-3/h4-10H,11-12H2,1-3H3,(H,22,27)(H,23,25). The monoisotopic (exact) mass is 403 g/mol. The van der Waals surface area contributed by atoms with Crippen LogP contribution in [0.3, 0.4) is 0 Å². The van der Waals surface area contributed by atoms with Gasteiger partial charge in [-0.2, -0.15) is 0 Å². The molecule has 9 heteroatoms. The van der Waals surface area contributed by atoms with Crippen LogP contribution in [0.1, 0.15) is 10.4 Å². The van der Waals surface area contributed by atoms with Crippen molar-refractivity contribution in [2.24, 2.45) is 0 Å². The molecule has 0 atom stereocenters. The lowest BCUT2D eigenvalue weighted by Crippen LogP contribution is -2.41. The second kappa shape index (κ2) is 10.1. The van der Waals surface area contributed by atoms with Gasteiger partial charge in [0.1, 0.15) is 17.3 Å². The highest BCUT2D eigenvalue weighted by Gasteiger charge is 2.16. The molecule has 0 spiro atoms. The van der Waals surface area contributed by atoms with Crippen LogP contribution in [-0.2, 0) is 9.59 Å². The maximum absolute atomic E-state index is 12.9. The number of ether oxygens (including phenoxy) is 2. The van der Waals surface area contributed by atoms with E-state index in [9.17, 15) is 18.8 Å². The molecular formula is C20H22FN3O5. The molecule has 0 bridgehead atoms. The van der Waals surface area contributed by atoms with Gasteiger partial charge in [0, 0.05) is 24.4 Å². The molecule has 2 N–H and O–H groups in total. The van der Waals surface area contributed by atoms with E-state index in [0.29, 0.717) is 17.2 Å². The van der Waals surface area contributed by atoms with Gasteiger partial charge in [0.2, 0.25) is 11.8 Å². The van der Waals surface area contributed by atoms with Gasteiger partial charge in [-0.1, -0.05) is 0 Å². The fourth-order valence-electron chi connectivity index (χ4n) is 2.37. The molecule has 0 heterocycles. The van der Waals surface area contributed by atoms with Crippen LogP contribution in [0, 0.1) is 5.82 Å². The van der Waals surface area contributed by atoms with Gasteiger partial charge in [-0.15, -0.1) is 0 Å². The highest BCUT2D eigenvalue weighted by molar-refractivity contribution is 5.98. The van der Waals surface area contributed by atoms with Crippen LogP contribution in [0.5, 0.6) is 11.5 Å². The normalized spacial score (nSPS) is 10.1. The van der Waals surface area contributed by atoms with Crippen LogP contribution in [0.25, 0.3) is 0 Å². The second-order valence-corrected chi connectivity index (χ2v) is 6.09. The molecule has 0 aliphatic rings. The van der Waals surface area contributed by atoms with E-state index >= 15 is 0 Å². The van der Waals surface area contributed by atoms with Gasteiger partial charge in [0.05, 0.1) is 27.3 Å². The molecule has 2 aromatic carbocycles. The van der Waals surface area contributed by atoms with E-state index in [2.05, 4.69) is 10.6 Å². The Kier molecular flexibility index (Phi) is 7.53.